The number of ether oxygens (including phenoxy) is 2. The van der Waals surface area contributed by atoms with E-state index in [0.717, 1.165) is 24.0 Å². The number of anilines is 1. The summed E-state index contributed by atoms with van der Waals surface area (Å²) in [6.45, 7) is 6.26. The standard InChI is InChI=1S/C25H27N3O4S/c1-4-5-17(3)26-23(29)14-33-25-27-20(12-18-8-11-21-22(13-18)32-15-31-21)24(30)28(25)19-9-6-16(2)7-10-19/h6-13,17H,4-5,14-15H2,1-3H3,(H,26,29)/b20-12-/t17-/m0/s1. The number of carbonyl (C=O) groups excluding carboxylic acids is 2. The fourth-order valence-corrected chi connectivity index (χ4v) is 4.45. The van der Waals surface area contributed by atoms with Gasteiger partial charge in [0.15, 0.2) is 16.7 Å². The molecule has 0 spiro atoms. The molecule has 2 aromatic rings. The minimum atomic E-state index is -0.237. The predicted molar refractivity (Wildman–Crippen MR) is 132 cm³/mol. The maximum atomic E-state index is 13.3. The minimum Gasteiger partial charge on any atom is -0.454 e. The number of aliphatic imine (C=N–C) groups is 1. The van der Waals surface area contributed by atoms with Gasteiger partial charge in [0.1, 0.15) is 5.70 Å². The van der Waals surface area contributed by atoms with Crippen LogP contribution in [0, 0.1) is 6.92 Å². The van der Waals surface area contributed by atoms with E-state index < -0.39 is 0 Å². The Morgan fingerprint density at radius 1 is 1.21 bits per heavy atom. The second kappa shape index (κ2) is 10.1. The quantitative estimate of drug-likeness (QED) is 0.609. The van der Waals surface area contributed by atoms with Crippen molar-refractivity contribution in [3.63, 3.8) is 0 Å². The van der Waals surface area contributed by atoms with Crippen LogP contribution in [0.25, 0.3) is 6.08 Å². The molecule has 0 fully saturated rings. The number of nitrogens with one attached hydrogen (secondary N) is 1. The lowest BCUT2D eigenvalue weighted by molar-refractivity contribution is -0.119. The summed E-state index contributed by atoms with van der Waals surface area (Å²) < 4.78 is 10.8. The van der Waals surface area contributed by atoms with Crippen LogP contribution in [0.1, 0.15) is 37.8 Å². The van der Waals surface area contributed by atoms with E-state index in [2.05, 4.69) is 17.2 Å². The molecule has 1 atom stereocenters. The Morgan fingerprint density at radius 2 is 1.97 bits per heavy atom. The Hall–Kier alpha value is -3.26. The molecule has 0 aromatic heterocycles. The largest absolute Gasteiger partial charge is 0.454 e. The van der Waals surface area contributed by atoms with Gasteiger partial charge in [-0.15, -0.1) is 0 Å². The highest BCUT2D eigenvalue weighted by Crippen LogP contribution is 2.34. The first kappa shape index (κ1) is 22.9. The first-order valence-electron chi connectivity index (χ1n) is 11.0. The van der Waals surface area contributed by atoms with Crippen molar-refractivity contribution < 1.29 is 19.1 Å². The van der Waals surface area contributed by atoms with Gasteiger partial charge in [0.05, 0.1) is 11.4 Å². The van der Waals surface area contributed by atoms with Gasteiger partial charge in [-0.3, -0.25) is 14.5 Å². The van der Waals surface area contributed by atoms with E-state index in [1.807, 2.05) is 56.3 Å². The molecule has 7 nitrogen and oxygen atoms in total. The van der Waals surface area contributed by atoms with E-state index in [9.17, 15) is 9.59 Å². The average molecular weight is 466 g/mol. The van der Waals surface area contributed by atoms with E-state index in [4.69, 9.17) is 9.47 Å². The highest BCUT2D eigenvalue weighted by molar-refractivity contribution is 8.14. The number of aryl methyl sites for hydroxylation is 1. The number of benzene rings is 2. The van der Waals surface area contributed by atoms with E-state index in [0.29, 0.717) is 28.1 Å². The van der Waals surface area contributed by atoms with Gasteiger partial charge < -0.3 is 14.8 Å². The molecule has 172 valence electrons. The van der Waals surface area contributed by atoms with Gasteiger partial charge in [-0.2, -0.15) is 0 Å². The number of amides is 2. The van der Waals surface area contributed by atoms with Gasteiger partial charge in [-0.1, -0.05) is 48.9 Å². The topological polar surface area (TPSA) is 80.2 Å². The summed E-state index contributed by atoms with van der Waals surface area (Å²) >= 11 is 1.26. The van der Waals surface area contributed by atoms with Crippen molar-refractivity contribution in [2.24, 2.45) is 4.99 Å². The zero-order chi connectivity index (χ0) is 23.4. The third kappa shape index (κ3) is 5.39. The summed E-state index contributed by atoms with van der Waals surface area (Å²) in [6, 6.07) is 13.3. The van der Waals surface area contributed by atoms with Crippen LogP contribution >= 0.6 is 11.8 Å². The molecule has 4 rings (SSSR count). The molecule has 0 aliphatic carbocycles. The molecule has 33 heavy (non-hydrogen) atoms. The molecular formula is C25H27N3O4S. The number of hydrogen-bond acceptors (Lipinski definition) is 6. The van der Waals surface area contributed by atoms with Crippen molar-refractivity contribution in [3.8, 4) is 11.5 Å². The number of rotatable bonds is 7. The van der Waals surface area contributed by atoms with Crippen LogP contribution in [-0.2, 0) is 9.59 Å². The van der Waals surface area contributed by atoms with E-state index in [1.165, 1.54) is 11.8 Å². The van der Waals surface area contributed by atoms with Gasteiger partial charge in [0, 0.05) is 6.04 Å². The Morgan fingerprint density at radius 3 is 2.73 bits per heavy atom. The molecule has 2 aliphatic rings. The molecule has 2 aromatic carbocycles. The number of amidine groups is 1. The lowest BCUT2D eigenvalue weighted by atomic mass is 10.1. The van der Waals surface area contributed by atoms with Crippen LogP contribution in [-0.4, -0.2) is 35.6 Å². The van der Waals surface area contributed by atoms with Crippen LogP contribution < -0.4 is 19.7 Å². The summed E-state index contributed by atoms with van der Waals surface area (Å²) in [5, 5.41) is 3.48. The fraction of sp³-hybridized carbons (Fsp3) is 0.320. The molecule has 8 heteroatoms. The predicted octanol–water partition coefficient (Wildman–Crippen LogP) is 4.51. The highest BCUT2D eigenvalue weighted by atomic mass is 32.2. The van der Waals surface area contributed by atoms with E-state index in [-0.39, 0.29) is 30.4 Å². The van der Waals surface area contributed by atoms with Crippen molar-refractivity contribution >= 4 is 40.5 Å². The third-order valence-electron chi connectivity index (χ3n) is 5.28. The summed E-state index contributed by atoms with van der Waals surface area (Å²) in [4.78, 5) is 31.9. The van der Waals surface area contributed by atoms with Crippen molar-refractivity contribution in [2.45, 2.75) is 39.7 Å². The van der Waals surface area contributed by atoms with E-state index in [1.54, 1.807) is 11.0 Å². The van der Waals surface area contributed by atoms with Crippen LogP contribution in [0.2, 0.25) is 0 Å². The third-order valence-corrected chi connectivity index (χ3v) is 6.22. The molecular weight excluding hydrogens is 438 g/mol. The lowest BCUT2D eigenvalue weighted by Gasteiger charge is -2.18. The van der Waals surface area contributed by atoms with Gasteiger partial charge in [-0.25, -0.2) is 4.99 Å². The summed E-state index contributed by atoms with van der Waals surface area (Å²) in [7, 11) is 0. The molecule has 2 aliphatic heterocycles. The normalized spacial score (nSPS) is 16.8. The molecule has 2 amide bonds. The molecule has 0 saturated carbocycles. The smallest absolute Gasteiger partial charge is 0.283 e. The Bertz CT molecular complexity index is 1110. The van der Waals surface area contributed by atoms with Crippen molar-refractivity contribution in [2.75, 3.05) is 17.4 Å². The lowest BCUT2D eigenvalue weighted by Crippen LogP contribution is -2.35. The Kier molecular flexibility index (Phi) is 7.03. The molecule has 0 bridgehead atoms. The Labute approximate surface area is 197 Å². The van der Waals surface area contributed by atoms with Crippen molar-refractivity contribution in [1.82, 2.24) is 5.32 Å². The van der Waals surface area contributed by atoms with Gasteiger partial charge in [-0.05, 0) is 56.2 Å². The summed E-state index contributed by atoms with van der Waals surface area (Å²) in [5.41, 5.74) is 2.90. The molecule has 1 N–H and O–H groups in total. The monoisotopic (exact) mass is 465 g/mol. The summed E-state index contributed by atoms with van der Waals surface area (Å²) in [6.07, 6.45) is 3.65. The van der Waals surface area contributed by atoms with Gasteiger partial charge in [0.25, 0.3) is 5.91 Å². The van der Waals surface area contributed by atoms with Gasteiger partial charge >= 0.3 is 0 Å². The molecule has 0 saturated heterocycles. The van der Waals surface area contributed by atoms with Crippen LogP contribution in [0.5, 0.6) is 11.5 Å². The molecule has 0 radical (unpaired) electrons. The van der Waals surface area contributed by atoms with Gasteiger partial charge in [0.2, 0.25) is 12.7 Å². The zero-order valence-corrected chi connectivity index (χ0v) is 19.8. The van der Waals surface area contributed by atoms with Crippen molar-refractivity contribution in [3.05, 3.63) is 59.3 Å². The van der Waals surface area contributed by atoms with Crippen LogP contribution in [0.3, 0.4) is 0 Å². The number of nitrogens with zero attached hydrogens (tertiary/aromatic N) is 2. The number of thioether (sulfide) groups is 1. The van der Waals surface area contributed by atoms with Crippen LogP contribution in [0.4, 0.5) is 5.69 Å². The second-order valence-electron chi connectivity index (χ2n) is 8.06. The number of hydrogen-bond donors (Lipinski definition) is 1. The number of fused-ring (bicyclic) bond motifs is 1. The molecule has 2 heterocycles. The minimum absolute atomic E-state index is 0.0758. The average Bonchev–Trinajstić information content (AvgIpc) is 3.37. The first-order valence-corrected chi connectivity index (χ1v) is 12.0. The second-order valence-corrected chi connectivity index (χ2v) is 9.00. The number of carbonyl (C=O) groups is 2. The van der Waals surface area contributed by atoms with E-state index >= 15 is 0 Å². The van der Waals surface area contributed by atoms with Crippen LogP contribution in [0.15, 0.2) is 53.2 Å². The van der Waals surface area contributed by atoms with Crippen molar-refractivity contribution in [1.29, 1.82) is 0 Å². The maximum absolute atomic E-state index is 13.3. The Balaban J connectivity index is 1.57. The highest BCUT2D eigenvalue weighted by Gasteiger charge is 2.32. The molecule has 0 unspecified atom stereocenters. The zero-order valence-electron chi connectivity index (χ0n) is 19.0. The maximum Gasteiger partial charge on any atom is 0.283 e. The summed E-state index contributed by atoms with van der Waals surface area (Å²) in [5.74, 6) is 1.19. The fourth-order valence-electron chi connectivity index (χ4n) is 3.63. The first-order chi connectivity index (χ1) is 15.9. The SMILES string of the molecule is CCC[C@H](C)NC(=O)CSC1=N/C(=C\c2ccc3c(c2)OCO3)C(=O)N1c1ccc(C)cc1.